The summed E-state index contributed by atoms with van der Waals surface area (Å²) >= 11 is 0. The molecule has 0 amide bonds. The van der Waals surface area contributed by atoms with Crippen LogP contribution in [0.3, 0.4) is 0 Å². The minimum Gasteiger partial charge on any atom is -0.489 e. The summed E-state index contributed by atoms with van der Waals surface area (Å²) in [6, 6.07) is 17.0. The molecule has 1 N–H and O–H groups in total. The van der Waals surface area contributed by atoms with E-state index < -0.39 is 17.7 Å². The standard InChI is InChI=1S/C20H24O4/c1-20(2,3)24-19(22)13-18(21)16-9-11-17(12-10-16)23-14-15-7-5-4-6-8-15/h4-12,18,21H,13-14H2,1-3H3/t18-/m1/s1. The molecule has 24 heavy (non-hydrogen) atoms. The van der Waals surface area contributed by atoms with Crippen molar-refractivity contribution in [1.29, 1.82) is 0 Å². The lowest BCUT2D eigenvalue weighted by Crippen LogP contribution is -2.24. The zero-order valence-corrected chi connectivity index (χ0v) is 14.4. The number of rotatable bonds is 6. The van der Waals surface area contributed by atoms with Gasteiger partial charge in [0, 0.05) is 0 Å². The Morgan fingerprint density at radius 1 is 1.04 bits per heavy atom. The van der Waals surface area contributed by atoms with E-state index >= 15 is 0 Å². The predicted octanol–water partition coefficient (Wildman–Crippen LogP) is 4.03. The van der Waals surface area contributed by atoms with Crippen molar-refractivity contribution in [2.45, 2.75) is 45.5 Å². The van der Waals surface area contributed by atoms with Gasteiger partial charge in [0.2, 0.25) is 0 Å². The Hall–Kier alpha value is -2.33. The Balaban J connectivity index is 1.88. The number of benzene rings is 2. The third-order valence-electron chi connectivity index (χ3n) is 3.29. The van der Waals surface area contributed by atoms with Crippen LogP contribution in [-0.2, 0) is 16.1 Å². The van der Waals surface area contributed by atoms with Gasteiger partial charge in [0.25, 0.3) is 0 Å². The van der Waals surface area contributed by atoms with Crippen LogP contribution in [0, 0.1) is 0 Å². The summed E-state index contributed by atoms with van der Waals surface area (Å²) in [5.41, 5.74) is 1.20. The number of aliphatic hydroxyl groups is 1. The van der Waals surface area contributed by atoms with Crippen LogP contribution >= 0.6 is 0 Å². The highest BCUT2D eigenvalue weighted by atomic mass is 16.6. The molecule has 2 aromatic carbocycles. The molecule has 2 rings (SSSR count). The van der Waals surface area contributed by atoms with Gasteiger partial charge in [-0.25, -0.2) is 0 Å². The second-order valence-corrected chi connectivity index (χ2v) is 6.65. The molecule has 0 aliphatic heterocycles. The number of carbonyl (C=O) groups is 1. The van der Waals surface area contributed by atoms with Crippen molar-refractivity contribution in [2.75, 3.05) is 0 Å². The van der Waals surface area contributed by atoms with Crippen LogP contribution in [0.2, 0.25) is 0 Å². The molecular formula is C20H24O4. The third kappa shape index (κ3) is 6.05. The van der Waals surface area contributed by atoms with E-state index in [9.17, 15) is 9.90 Å². The van der Waals surface area contributed by atoms with E-state index in [1.165, 1.54) is 0 Å². The molecule has 0 spiro atoms. The Morgan fingerprint density at radius 3 is 2.25 bits per heavy atom. The molecule has 0 heterocycles. The van der Waals surface area contributed by atoms with Gasteiger partial charge in [-0.3, -0.25) is 4.79 Å². The Morgan fingerprint density at radius 2 is 1.67 bits per heavy atom. The van der Waals surface area contributed by atoms with Gasteiger partial charge in [0.05, 0.1) is 12.5 Å². The normalized spacial score (nSPS) is 12.5. The second kappa shape index (κ2) is 7.97. The van der Waals surface area contributed by atoms with Crippen molar-refractivity contribution in [3.05, 3.63) is 65.7 Å². The first-order chi connectivity index (χ1) is 11.3. The molecule has 0 unspecified atom stereocenters. The molecule has 0 aromatic heterocycles. The summed E-state index contributed by atoms with van der Waals surface area (Å²) in [4.78, 5) is 11.8. The molecule has 0 bridgehead atoms. The number of hydrogen-bond donors (Lipinski definition) is 1. The van der Waals surface area contributed by atoms with Gasteiger partial charge < -0.3 is 14.6 Å². The van der Waals surface area contributed by atoms with Gasteiger partial charge in [0.15, 0.2) is 0 Å². The van der Waals surface area contributed by atoms with Crippen LogP contribution in [0.5, 0.6) is 5.75 Å². The Labute approximate surface area is 143 Å². The van der Waals surface area contributed by atoms with Gasteiger partial charge in [0.1, 0.15) is 18.0 Å². The molecule has 0 aliphatic rings. The molecule has 128 valence electrons. The second-order valence-electron chi connectivity index (χ2n) is 6.65. The SMILES string of the molecule is CC(C)(C)OC(=O)C[C@@H](O)c1ccc(OCc2ccccc2)cc1. The van der Waals surface area contributed by atoms with Crippen molar-refractivity contribution < 1.29 is 19.4 Å². The summed E-state index contributed by atoms with van der Waals surface area (Å²) < 4.78 is 10.9. The molecule has 0 fully saturated rings. The molecule has 0 saturated heterocycles. The molecule has 0 saturated carbocycles. The van der Waals surface area contributed by atoms with Crippen molar-refractivity contribution in [2.24, 2.45) is 0 Å². The molecule has 1 atom stereocenters. The quantitative estimate of drug-likeness (QED) is 0.813. The van der Waals surface area contributed by atoms with Crippen molar-refractivity contribution in [3.63, 3.8) is 0 Å². The number of esters is 1. The van der Waals surface area contributed by atoms with E-state index in [0.717, 1.165) is 5.56 Å². The summed E-state index contributed by atoms with van der Waals surface area (Å²) in [6.45, 7) is 5.89. The number of ether oxygens (including phenoxy) is 2. The average Bonchev–Trinajstić information content (AvgIpc) is 2.52. The number of hydrogen-bond acceptors (Lipinski definition) is 4. The van der Waals surface area contributed by atoms with Crippen LogP contribution in [0.4, 0.5) is 0 Å². The van der Waals surface area contributed by atoms with Gasteiger partial charge in [-0.1, -0.05) is 42.5 Å². The highest BCUT2D eigenvalue weighted by Crippen LogP contribution is 2.22. The lowest BCUT2D eigenvalue weighted by Gasteiger charge is -2.20. The fourth-order valence-electron chi connectivity index (χ4n) is 2.19. The molecular weight excluding hydrogens is 304 g/mol. The van der Waals surface area contributed by atoms with Gasteiger partial charge in [-0.2, -0.15) is 0 Å². The first-order valence-corrected chi connectivity index (χ1v) is 8.00. The summed E-state index contributed by atoms with van der Waals surface area (Å²) in [5.74, 6) is 0.298. The first kappa shape index (κ1) is 18.0. The highest BCUT2D eigenvalue weighted by Gasteiger charge is 2.20. The smallest absolute Gasteiger partial charge is 0.309 e. The lowest BCUT2D eigenvalue weighted by atomic mass is 10.1. The van der Waals surface area contributed by atoms with Crippen LogP contribution in [0.1, 0.15) is 44.4 Å². The summed E-state index contributed by atoms with van der Waals surface area (Å²) in [5, 5.41) is 10.1. The van der Waals surface area contributed by atoms with Crippen LogP contribution in [-0.4, -0.2) is 16.7 Å². The maximum absolute atomic E-state index is 11.8. The first-order valence-electron chi connectivity index (χ1n) is 8.00. The zero-order valence-electron chi connectivity index (χ0n) is 14.4. The highest BCUT2D eigenvalue weighted by molar-refractivity contribution is 5.70. The molecule has 2 aromatic rings. The minimum absolute atomic E-state index is 0.0680. The van der Waals surface area contributed by atoms with E-state index in [0.29, 0.717) is 17.9 Å². The van der Waals surface area contributed by atoms with Crippen LogP contribution in [0.25, 0.3) is 0 Å². The van der Waals surface area contributed by atoms with E-state index in [4.69, 9.17) is 9.47 Å². The van der Waals surface area contributed by atoms with E-state index in [-0.39, 0.29) is 6.42 Å². The minimum atomic E-state index is -0.886. The van der Waals surface area contributed by atoms with Crippen molar-refractivity contribution >= 4 is 5.97 Å². The maximum atomic E-state index is 11.8. The summed E-state index contributed by atoms with van der Waals surface area (Å²) in [7, 11) is 0. The van der Waals surface area contributed by atoms with Crippen molar-refractivity contribution in [1.82, 2.24) is 0 Å². The fourth-order valence-corrected chi connectivity index (χ4v) is 2.19. The monoisotopic (exact) mass is 328 g/mol. The lowest BCUT2D eigenvalue weighted by molar-refractivity contribution is -0.157. The Bertz CT molecular complexity index is 642. The zero-order chi connectivity index (χ0) is 17.6. The number of carbonyl (C=O) groups excluding carboxylic acids is 1. The van der Waals surface area contributed by atoms with Crippen LogP contribution in [0.15, 0.2) is 54.6 Å². The largest absolute Gasteiger partial charge is 0.489 e. The van der Waals surface area contributed by atoms with E-state index in [1.54, 1.807) is 45.0 Å². The van der Waals surface area contributed by atoms with Gasteiger partial charge in [-0.15, -0.1) is 0 Å². The van der Waals surface area contributed by atoms with E-state index in [1.807, 2.05) is 30.3 Å². The van der Waals surface area contributed by atoms with Crippen molar-refractivity contribution in [3.8, 4) is 5.75 Å². The van der Waals surface area contributed by atoms with Crippen LogP contribution < -0.4 is 4.74 Å². The van der Waals surface area contributed by atoms with E-state index in [2.05, 4.69) is 0 Å². The average molecular weight is 328 g/mol. The third-order valence-corrected chi connectivity index (χ3v) is 3.29. The molecule has 4 nitrogen and oxygen atoms in total. The molecule has 0 radical (unpaired) electrons. The van der Waals surface area contributed by atoms with Gasteiger partial charge >= 0.3 is 5.97 Å². The maximum Gasteiger partial charge on any atom is 0.309 e. The summed E-state index contributed by atoms with van der Waals surface area (Å²) in [6.07, 6.45) is -0.954. The van der Waals surface area contributed by atoms with Gasteiger partial charge in [-0.05, 0) is 44.0 Å². The number of aliphatic hydroxyl groups excluding tert-OH is 1. The Kier molecular flexibility index (Phi) is 5.99. The molecule has 0 aliphatic carbocycles. The fraction of sp³-hybridized carbons (Fsp3) is 0.350. The molecule has 4 heteroatoms. The predicted molar refractivity (Wildman–Crippen MR) is 92.6 cm³/mol. The topological polar surface area (TPSA) is 55.8 Å².